The molecule has 0 aromatic rings. The van der Waals surface area contributed by atoms with E-state index in [1.54, 1.807) is 0 Å². The van der Waals surface area contributed by atoms with Crippen molar-refractivity contribution in [2.24, 2.45) is 0 Å². The molecule has 1 aliphatic heterocycles. The number of thiol groups is 1. The largest absolute Gasteiger partial charge is 0.392 e. The van der Waals surface area contributed by atoms with Gasteiger partial charge in [0.05, 0.1) is 6.10 Å². The molecular weight excluding hydrogens is 170 g/mol. The highest BCUT2D eigenvalue weighted by atomic mass is 32.1. The molecule has 3 heteroatoms. The van der Waals surface area contributed by atoms with E-state index in [0.29, 0.717) is 6.04 Å². The van der Waals surface area contributed by atoms with Gasteiger partial charge in [-0.15, -0.1) is 0 Å². The third-order valence-electron chi connectivity index (χ3n) is 2.68. The van der Waals surface area contributed by atoms with Crippen molar-refractivity contribution in [2.75, 3.05) is 18.8 Å². The van der Waals surface area contributed by atoms with E-state index in [-0.39, 0.29) is 6.10 Å². The summed E-state index contributed by atoms with van der Waals surface area (Å²) in [6, 6.07) is 0.346. The van der Waals surface area contributed by atoms with Crippen molar-refractivity contribution in [2.45, 2.75) is 38.3 Å². The number of piperidine rings is 1. The van der Waals surface area contributed by atoms with Crippen molar-refractivity contribution >= 4 is 12.6 Å². The van der Waals surface area contributed by atoms with Crippen LogP contribution in [0.4, 0.5) is 0 Å². The Morgan fingerprint density at radius 1 is 1.58 bits per heavy atom. The van der Waals surface area contributed by atoms with Crippen LogP contribution in [0.25, 0.3) is 0 Å². The lowest BCUT2D eigenvalue weighted by Crippen LogP contribution is -2.46. The molecule has 72 valence electrons. The highest BCUT2D eigenvalue weighted by Crippen LogP contribution is 2.17. The van der Waals surface area contributed by atoms with Gasteiger partial charge >= 0.3 is 0 Å². The van der Waals surface area contributed by atoms with Crippen LogP contribution in [-0.2, 0) is 0 Å². The molecule has 1 heterocycles. The molecule has 2 nitrogen and oxygen atoms in total. The van der Waals surface area contributed by atoms with Gasteiger partial charge in [-0.1, -0.05) is 0 Å². The zero-order valence-electron chi connectivity index (χ0n) is 7.74. The van der Waals surface area contributed by atoms with E-state index >= 15 is 0 Å². The van der Waals surface area contributed by atoms with Gasteiger partial charge in [-0.25, -0.2) is 0 Å². The summed E-state index contributed by atoms with van der Waals surface area (Å²) in [7, 11) is 0. The first kappa shape index (κ1) is 10.4. The van der Waals surface area contributed by atoms with E-state index in [4.69, 9.17) is 0 Å². The van der Waals surface area contributed by atoms with E-state index < -0.39 is 0 Å². The van der Waals surface area contributed by atoms with E-state index in [0.717, 1.165) is 38.1 Å². The van der Waals surface area contributed by atoms with Crippen LogP contribution >= 0.6 is 12.6 Å². The monoisotopic (exact) mass is 189 g/mol. The van der Waals surface area contributed by atoms with Gasteiger partial charge in [0, 0.05) is 6.04 Å². The maximum absolute atomic E-state index is 9.59. The fraction of sp³-hybridized carbons (Fsp3) is 1.00. The van der Waals surface area contributed by atoms with E-state index in [9.17, 15) is 5.11 Å². The van der Waals surface area contributed by atoms with E-state index in [1.165, 1.54) is 0 Å². The van der Waals surface area contributed by atoms with Crippen LogP contribution < -0.4 is 0 Å². The minimum absolute atomic E-state index is 0.112. The van der Waals surface area contributed by atoms with Gasteiger partial charge in [-0.2, -0.15) is 12.6 Å². The van der Waals surface area contributed by atoms with Gasteiger partial charge in [-0.05, 0) is 45.0 Å². The molecule has 2 unspecified atom stereocenters. The van der Waals surface area contributed by atoms with E-state index in [2.05, 4.69) is 24.5 Å². The second-order valence-corrected chi connectivity index (χ2v) is 4.01. The number of aliphatic hydroxyl groups is 1. The molecule has 0 aliphatic carbocycles. The normalized spacial score (nSPS) is 32.2. The summed E-state index contributed by atoms with van der Waals surface area (Å²) in [5, 5.41) is 9.59. The van der Waals surface area contributed by atoms with Crippen LogP contribution in [0.1, 0.15) is 26.2 Å². The van der Waals surface area contributed by atoms with Gasteiger partial charge in [0.1, 0.15) is 0 Å². The first-order valence-electron chi connectivity index (χ1n) is 4.78. The van der Waals surface area contributed by atoms with Crippen LogP contribution in [0.5, 0.6) is 0 Å². The minimum atomic E-state index is -0.112. The summed E-state index contributed by atoms with van der Waals surface area (Å²) in [5.74, 6) is 0.944. The third kappa shape index (κ3) is 2.64. The minimum Gasteiger partial charge on any atom is -0.392 e. The van der Waals surface area contributed by atoms with Crippen LogP contribution in [0.15, 0.2) is 0 Å². The lowest BCUT2D eigenvalue weighted by Gasteiger charge is -2.36. The van der Waals surface area contributed by atoms with Crippen molar-refractivity contribution in [3.05, 3.63) is 0 Å². The number of nitrogens with zero attached hydrogens (tertiary/aromatic N) is 1. The summed E-state index contributed by atoms with van der Waals surface area (Å²) in [4.78, 5) is 2.37. The lowest BCUT2D eigenvalue weighted by molar-refractivity contribution is 0.0203. The first-order chi connectivity index (χ1) is 5.75. The molecule has 0 radical (unpaired) electrons. The Morgan fingerprint density at radius 3 is 3.00 bits per heavy atom. The highest BCUT2D eigenvalue weighted by molar-refractivity contribution is 7.80. The summed E-state index contributed by atoms with van der Waals surface area (Å²) in [6.07, 6.45) is 3.12. The number of aliphatic hydroxyl groups excluding tert-OH is 1. The Kier molecular flexibility index (Phi) is 4.40. The average Bonchev–Trinajstić information content (AvgIpc) is 2.08. The topological polar surface area (TPSA) is 23.5 Å². The molecule has 0 bridgehead atoms. The Labute approximate surface area is 80.4 Å². The summed E-state index contributed by atoms with van der Waals surface area (Å²) < 4.78 is 0. The predicted molar refractivity (Wildman–Crippen MR) is 54.7 cm³/mol. The average molecular weight is 189 g/mol. The number of likely N-dealkylation sites (tertiary alicyclic amines) is 1. The van der Waals surface area contributed by atoms with Crippen molar-refractivity contribution in [1.29, 1.82) is 0 Å². The van der Waals surface area contributed by atoms with Gasteiger partial charge < -0.3 is 5.11 Å². The molecule has 12 heavy (non-hydrogen) atoms. The maximum atomic E-state index is 9.59. The van der Waals surface area contributed by atoms with Crippen LogP contribution in [0, 0.1) is 0 Å². The van der Waals surface area contributed by atoms with Crippen molar-refractivity contribution in [3.63, 3.8) is 0 Å². The molecule has 1 fully saturated rings. The van der Waals surface area contributed by atoms with Crippen LogP contribution in [0.3, 0.4) is 0 Å². The first-order valence-corrected chi connectivity index (χ1v) is 5.42. The summed E-state index contributed by atoms with van der Waals surface area (Å²) in [6.45, 7) is 4.34. The summed E-state index contributed by atoms with van der Waals surface area (Å²) in [5.41, 5.74) is 0. The second kappa shape index (κ2) is 5.10. The molecule has 1 aliphatic rings. The number of hydrogen-bond donors (Lipinski definition) is 2. The standard InChI is InChI=1S/C9H19NOS/c1-8-9(11)4-2-5-10(8)6-3-7-12/h8-9,11-12H,2-7H2,1H3. The predicted octanol–water partition coefficient (Wildman–Crippen LogP) is 1.15. The fourth-order valence-corrected chi connectivity index (χ4v) is 1.92. The fourth-order valence-electron chi connectivity index (χ4n) is 1.78. The van der Waals surface area contributed by atoms with Crippen molar-refractivity contribution < 1.29 is 5.11 Å². The molecule has 1 N–H and O–H groups in total. The molecule has 1 rings (SSSR count). The molecule has 2 atom stereocenters. The summed E-state index contributed by atoms with van der Waals surface area (Å²) >= 11 is 4.18. The van der Waals surface area contributed by atoms with Gasteiger partial charge in [0.2, 0.25) is 0 Å². The lowest BCUT2D eigenvalue weighted by atomic mass is 10.0. The molecule has 1 saturated heterocycles. The SMILES string of the molecule is CC1C(O)CCCN1CCCS. The third-order valence-corrected chi connectivity index (χ3v) is 3.00. The Hall–Kier alpha value is 0.270. The molecule has 0 aromatic carbocycles. The highest BCUT2D eigenvalue weighted by Gasteiger charge is 2.25. The zero-order valence-corrected chi connectivity index (χ0v) is 8.63. The molecule has 0 saturated carbocycles. The molecular formula is C9H19NOS. The van der Waals surface area contributed by atoms with E-state index in [1.807, 2.05) is 0 Å². The molecule has 0 aromatic heterocycles. The molecule has 0 amide bonds. The van der Waals surface area contributed by atoms with Crippen molar-refractivity contribution in [3.8, 4) is 0 Å². The Balaban J connectivity index is 2.30. The Morgan fingerprint density at radius 2 is 2.33 bits per heavy atom. The van der Waals surface area contributed by atoms with Gasteiger partial charge in [-0.3, -0.25) is 4.90 Å². The quantitative estimate of drug-likeness (QED) is 0.651. The van der Waals surface area contributed by atoms with Gasteiger partial charge in [0.25, 0.3) is 0 Å². The zero-order chi connectivity index (χ0) is 8.97. The smallest absolute Gasteiger partial charge is 0.0693 e. The van der Waals surface area contributed by atoms with Crippen LogP contribution in [-0.4, -0.2) is 41.0 Å². The maximum Gasteiger partial charge on any atom is 0.0693 e. The second-order valence-electron chi connectivity index (χ2n) is 3.56. The number of hydrogen-bond acceptors (Lipinski definition) is 3. The van der Waals surface area contributed by atoms with Crippen molar-refractivity contribution in [1.82, 2.24) is 4.90 Å². The Bertz CT molecular complexity index is 132. The molecule has 0 spiro atoms. The van der Waals surface area contributed by atoms with Gasteiger partial charge in [0.15, 0.2) is 0 Å². The van der Waals surface area contributed by atoms with Crippen LogP contribution in [0.2, 0.25) is 0 Å². The number of rotatable bonds is 3.